The Morgan fingerprint density at radius 3 is 2.43 bits per heavy atom. The Kier molecular flexibility index (Phi) is 7.89. The molecule has 0 fully saturated rings. The summed E-state index contributed by atoms with van der Waals surface area (Å²) in [5, 5.41) is 7.62. The third-order valence-corrected chi connectivity index (χ3v) is 3.73. The molecule has 5 heteroatoms. The molecule has 1 aromatic rings. The van der Waals surface area contributed by atoms with Gasteiger partial charge in [-0.05, 0) is 32.7 Å². The van der Waals surface area contributed by atoms with Gasteiger partial charge in [0.05, 0.1) is 5.92 Å². The number of nitrogens with zero attached hydrogens (tertiary/aromatic N) is 2. The summed E-state index contributed by atoms with van der Waals surface area (Å²) >= 11 is 0. The maximum Gasteiger partial charge on any atom is 0.231 e. The molecule has 3 unspecified atom stereocenters. The second kappa shape index (κ2) is 9.15. The highest BCUT2D eigenvalue weighted by atomic mass is 16.5. The van der Waals surface area contributed by atoms with E-state index in [2.05, 4.69) is 50.1 Å². The molecule has 0 bridgehead atoms. The molecular weight excluding hydrogens is 266 g/mol. The van der Waals surface area contributed by atoms with Crippen molar-refractivity contribution >= 4 is 0 Å². The van der Waals surface area contributed by atoms with Gasteiger partial charge >= 0.3 is 0 Å². The van der Waals surface area contributed by atoms with Crippen molar-refractivity contribution in [3.63, 3.8) is 0 Å². The average molecular weight is 297 g/mol. The minimum Gasteiger partial charge on any atom is -0.370 e. The highest BCUT2D eigenvalue weighted by Gasteiger charge is 2.29. The molecule has 1 heterocycles. The first-order valence-corrected chi connectivity index (χ1v) is 8.23. The molecule has 0 saturated heterocycles. The number of likely N-dealkylation sites (N-methyl/N-ethyl adjacent to an activating group) is 1. The summed E-state index contributed by atoms with van der Waals surface area (Å²) in [4.78, 5) is 4.63. The normalized spacial score (nSPS) is 16.1. The summed E-state index contributed by atoms with van der Waals surface area (Å²) in [6, 6.07) is 0.306. The van der Waals surface area contributed by atoms with Crippen LogP contribution in [0.15, 0.2) is 4.52 Å². The molecule has 1 N–H and O–H groups in total. The summed E-state index contributed by atoms with van der Waals surface area (Å²) in [7, 11) is 0. The first-order chi connectivity index (χ1) is 10.0. The fraction of sp³-hybridized carbons (Fsp3) is 0.875. The van der Waals surface area contributed by atoms with Crippen molar-refractivity contribution in [2.75, 3.05) is 13.2 Å². The minimum absolute atomic E-state index is 0.0558. The fourth-order valence-corrected chi connectivity index (χ4v) is 2.79. The van der Waals surface area contributed by atoms with Gasteiger partial charge in [0.15, 0.2) is 0 Å². The largest absolute Gasteiger partial charge is 0.370 e. The van der Waals surface area contributed by atoms with Crippen LogP contribution in [0.1, 0.15) is 78.1 Å². The Hall–Kier alpha value is -0.940. The van der Waals surface area contributed by atoms with Crippen molar-refractivity contribution in [1.29, 1.82) is 0 Å². The molecule has 0 aliphatic heterocycles. The number of aromatic nitrogens is 2. The molecular formula is C16H31N3O2. The summed E-state index contributed by atoms with van der Waals surface area (Å²) in [6.07, 6.45) is 1.90. The van der Waals surface area contributed by atoms with Crippen LogP contribution in [-0.2, 0) is 4.74 Å². The van der Waals surface area contributed by atoms with Gasteiger partial charge in [0.1, 0.15) is 6.10 Å². The Bertz CT molecular complexity index is 387. The summed E-state index contributed by atoms with van der Waals surface area (Å²) < 4.78 is 11.3. The smallest absolute Gasteiger partial charge is 0.231 e. The van der Waals surface area contributed by atoms with Crippen LogP contribution in [0, 0.1) is 5.92 Å². The van der Waals surface area contributed by atoms with Crippen LogP contribution in [-0.4, -0.2) is 29.3 Å². The quantitative estimate of drug-likeness (QED) is 0.713. The average Bonchev–Trinajstić information content (AvgIpc) is 2.87. The number of rotatable bonds is 10. The third kappa shape index (κ3) is 5.08. The van der Waals surface area contributed by atoms with Gasteiger partial charge in [-0.3, -0.25) is 0 Å². The minimum atomic E-state index is -0.0558. The molecule has 21 heavy (non-hydrogen) atoms. The summed E-state index contributed by atoms with van der Waals surface area (Å²) in [5.41, 5.74) is 0. The van der Waals surface area contributed by atoms with Gasteiger partial charge in [0, 0.05) is 12.6 Å². The van der Waals surface area contributed by atoms with Crippen molar-refractivity contribution in [1.82, 2.24) is 15.5 Å². The SMILES string of the molecule is CCCC(OCC)c1noc(C(C(C)C)C(C)NCC)n1. The van der Waals surface area contributed by atoms with Gasteiger partial charge in [-0.15, -0.1) is 0 Å². The van der Waals surface area contributed by atoms with Gasteiger partial charge in [-0.2, -0.15) is 4.98 Å². The van der Waals surface area contributed by atoms with Crippen LogP contribution in [0.3, 0.4) is 0 Å². The monoisotopic (exact) mass is 297 g/mol. The zero-order chi connectivity index (χ0) is 15.8. The highest BCUT2D eigenvalue weighted by Crippen LogP contribution is 2.29. The van der Waals surface area contributed by atoms with Gasteiger partial charge in [0.2, 0.25) is 11.7 Å². The van der Waals surface area contributed by atoms with Gasteiger partial charge in [0.25, 0.3) is 0 Å². The lowest BCUT2D eigenvalue weighted by atomic mass is 9.89. The van der Waals surface area contributed by atoms with Gasteiger partial charge < -0.3 is 14.6 Å². The Balaban J connectivity index is 2.91. The van der Waals surface area contributed by atoms with E-state index >= 15 is 0 Å². The highest BCUT2D eigenvalue weighted by molar-refractivity contribution is 5.01. The van der Waals surface area contributed by atoms with E-state index in [0.717, 1.165) is 19.4 Å². The molecule has 0 amide bonds. The maximum absolute atomic E-state index is 5.73. The van der Waals surface area contributed by atoms with Crippen LogP contribution in [0.5, 0.6) is 0 Å². The number of hydrogen-bond donors (Lipinski definition) is 1. The summed E-state index contributed by atoms with van der Waals surface area (Å²) in [5.74, 6) is 2.05. The third-order valence-electron chi connectivity index (χ3n) is 3.73. The van der Waals surface area contributed by atoms with Crippen molar-refractivity contribution in [3.05, 3.63) is 11.7 Å². The van der Waals surface area contributed by atoms with Crippen LogP contribution in [0.4, 0.5) is 0 Å². The second-order valence-electron chi connectivity index (χ2n) is 5.84. The van der Waals surface area contributed by atoms with Gasteiger partial charge in [-0.1, -0.05) is 39.3 Å². The number of nitrogens with one attached hydrogen (secondary N) is 1. The number of hydrogen-bond acceptors (Lipinski definition) is 5. The molecule has 122 valence electrons. The van der Waals surface area contributed by atoms with E-state index in [1.54, 1.807) is 0 Å². The maximum atomic E-state index is 5.73. The Labute approximate surface area is 128 Å². The lowest BCUT2D eigenvalue weighted by molar-refractivity contribution is 0.0477. The van der Waals surface area contributed by atoms with Crippen LogP contribution in [0.25, 0.3) is 0 Å². The molecule has 5 nitrogen and oxygen atoms in total. The topological polar surface area (TPSA) is 60.2 Å². The van der Waals surface area contributed by atoms with Crippen molar-refractivity contribution in [2.45, 2.75) is 72.4 Å². The Morgan fingerprint density at radius 2 is 1.90 bits per heavy atom. The lowest BCUT2D eigenvalue weighted by Crippen LogP contribution is -2.34. The lowest BCUT2D eigenvalue weighted by Gasteiger charge is -2.24. The van der Waals surface area contributed by atoms with E-state index in [1.165, 1.54) is 0 Å². The molecule has 0 spiro atoms. The van der Waals surface area contributed by atoms with E-state index in [9.17, 15) is 0 Å². The molecule has 0 aromatic carbocycles. The first-order valence-electron chi connectivity index (χ1n) is 8.23. The molecule has 0 aliphatic rings. The molecule has 0 saturated carbocycles. The van der Waals surface area contributed by atoms with E-state index in [1.807, 2.05) is 6.92 Å². The molecule has 1 aromatic heterocycles. The van der Waals surface area contributed by atoms with Crippen molar-refractivity contribution in [2.24, 2.45) is 5.92 Å². The van der Waals surface area contributed by atoms with Crippen molar-refractivity contribution < 1.29 is 9.26 Å². The molecule has 3 atom stereocenters. The van der Waals surface area contributed by atoms with E-state index in [0.29, 0.717) is 30.3 Å². The molecule has 1 rings (SSSR count). The molecule has 0 radical (unpaired) electrons. The van der Waals surface area contributed by atoms with Crippen molar-refractivity contribution in [3.8, 4) is 0 Å². The van der Waals surface area contributed by atoms with Gasteiger partial charge in [-0.25, -0.2) is 0 Å². The van der Waals surface area contributed by atoms with Crippen LogP contribution in [0.2, 0.25) is 0 Å². The zero-order valence-corrected chi connectivity index (χ0v) is 14.3. The van der Waals surface area contributed by atoms with E-state index in [-0.39, 0.29) is 12.0 Å². The fourth-order valence-electron chi connectivity index (χ4n) is 2.79. The predicted octanol–water partition coefficient (Wildman–Crippen LogP) is 3.68. The zero-order valence-electron chi connectivity index (χ0n) is 14.3. The summed E-state index contributed by atoms with van der Waals surface area (Å²) in [6.45, 7) is 14.4. The number of ether oxygens (including phenoxy) is 1. The van der Waals surface area contributed by atoms with E-state index in [4.69, 9.17) is 9.26 Å². The standard InChI is InChI=1S/C16H31N3O2/c1-7-10-13(20-9-3)15-18-16(21-19-15)14(11(4)5)12(6)17-8-2/h11-14,17H,7-10H2,1-6H3. The second-order valence-corrected chi connectivity index (χ2v) is 5.84. The predicted molar refractivity (Wildman–Crippen MR) is 84.3 cm³/mol. The van der Waals surface area contributed by atoms with E-state index < -0.39 is 0 Å². The first kappa shape index (κ1) is 18.1. The van der Waals surface area contributed by atoms with Crippen LogP contribution < -0.4 is 5.32 Å². The Morgan fingerprint density at radius 1 is 1.19 bits per heavy atom. The molecule has 0 aliphatic carbocycles. The van der Waals surface area contributed by atoms with Crippen LogP contribution >= 0.6 is 0 Å².